The maximum Gasteiger partial charge on any atom is 0.311 e. The van der Waals surface area contributed by atoms with Gasteiger partial charge in [0.1, 0.15) is 12.6 Å². The zero-order valence-corrected chi connectivity index (χ0v) is 26.0. The van der Waals surface area contributed by atoms with Crippen LogP contribution >= 0.6 is 27.7 Å². The molecule has 3 saturated heterocycles. The molecule has 3 fully saturated rings. The summed E-state index contributed by atoms with van der Waals surface area (Å²) >= 11 is 5.33. The van der Waals surface area contributed by atoms with Crippen LogP contribution in [0.25, 0.3) is 10.8 Å². The van der Waals surface area contributed by atoms with Gasteiger partial charge in [0.05, 0.1) is 29.2 Å². The van der Waals surface area contributed by atoms with E-state index < -0.39 is 34.6 Å². The van der Waals surface area contributed by atoms with Gasteiger partial charge in [-0.05, 0) is 34.9 Å². The lowest BCUT2D eigenvalue weighted by molar-refractivity contribution is -0.153. The van der Waals surface area contributed by atoms with Crippen molar-refractivity contribution < 1.29 is 24.2 Å². The molecule has 3 heterocycles. The quantitative estimate of drug-likeness (QED) is 0.181. The molecule has 43 heavy (non-hydrogen) atoms. The van der Waals surface area contributed by atoms with Gasteiger partial charge in [0.15, 0.2) is 0 Å². The zero-order chi connectivity index (χ0) is 30.3. The number of aliphatic hydroxyl groups is 1. The van der Waals surface area contributed by atoms with Gasteiger partial charge in [-0.1, -0.05) is 95.3 Å². The van der Waals surface area contributed by atoms with Crippen LogP contribution in [-0.4, -0.2) is 68.4 Å². The molecule has 6 rings (SSSR count). The fourth-order valence-corrected chi connectivity index (χ4v) is 10.7. The smallest absolute Gasteiger partial charge is 0.311 e. The monoisotopic (exact) mass is 660 g/mol. The van der Waals surface area contributed by atoms with E-state index in [1.807, 2.05) is 72.8 Å². The van der Waals surface area contributed by atoms with Crippen molar-refractivity contribution in [3.05, 3.63) is 104 Å². The van der Waals surface area contributed by atoms with Crippen LogP contribution < -0.4 is 4.90 Å². The Bertz CT molecular complexity index is 1580. The number of aliphatic hydroxyl groups excluding tert-OH is 1. The second-order valence-corrected chi connectivity index (χ2v) is 13.9. The Morgan fingerprint density at radius 1 is 1.09 bits per heavy atom. The molecule has 2 amide bonds. The summed E-state index contributed by atoms with van der Waals surface area (Å²) in [6, 6.07) is 21.3. The molecule has 2 bridgehead atoms. The zero-order valence-electron chi connectivity index (χ0n) is 23.6. The third-order valence-corrected chi connectivity index (χ3v) is 12.1. The number of fused-ring (bicyclic) bond motifs is 2. The number of amides is 2. The number of likely N-dealkylation sites (tertiary alicyclic amines) is 1. The van der Waals surface area contributed by atoms with Crippen molar-refractivity contribution in [3.63, 3.8) is 0 Å². The van der Waals surface area contributed by atoms with Crippen molar-refractivity contribution in [3.8, 4) is 0 Å². The van der Waals surface area contributed by atoms with Crippen molar-refractivity contribution in [2.45, 2.75) is 33.3 Å². The van der Waals surface area contributed by atoms with Crippen LogP contribution in [-0.2, 0) is 19.1 Å². The van der Waals surface area contributed by atoms with E-state index in [9.17, 15) is 14.7 Å². The molecule has 1 spiro atoms. The first-order valence-electron chi connectivity index (χ1n) is 14.3. The number of ether oxygens (including phenoxy) is 1. The molecular weight excluding hydrogens is 628 g/mol. The first kappa shape index (κ1) is 29.7. The summed E-state index contributed by atoms with van der Waals surface area (Å²) in [6.45, 7) is 7.46. The normalized spacial score (nSPS) is 28.0. The lowest BCUT2D eigenvalue weighted by atomic mass is 9.71. The van der Waals surface area contributed by atoms with Gasteiger partial charge in [-0.15, -0.1) is 18.3 Å². The number of hydrogen-bond acceptors (Lipinski definition) is 6. The molecule has 3 aliphatic heterocycles. The highest BCUT2D eigenvalue weighted by atomic mass is 79.9. The fraction of sp³-hybridized carbons (Fsp3) is 0.324. The summed E-state index contributed by atoms with van der Waals surface area (Å²) in [4.78, 5) is 46.2. The Labute approximate surface area is 263 Å². The molecule has 3 aliphatic rings. The number of carbonyl (C=O) groups excluding carboxylic acids is 3. The summed E-state index contributed by atoms with van der Waals surface area (Å²) < 4.78 is 4.61. The molecule has 0 aromatic heterocycles. The maximum absolute atomic E-state index is 15.0. The lowest BCUT2D eigenvalue weighted by Gasteiger charge is -2.40. The minimum Gasteiger partial charge on any atom is -0.461 e. The number of halogens is 1. The Morgan fingerprint density at radius 3 is 2.51 bits per heavy atom. The average molecular weight is 662 g/mol. The van der Waals surface area contributed by atoms with E-state index in [0.29, 0.717) is 17.7 Å². The number of carbonyl (C=O) groups is 3. The number of hydrogen-bond donors (Lipinski definition) is 1. The second kappa shape index (κ2) is 11.9. The lowest BCUT2D eigenvalue weighted by Crippen LogP contribution is -2.56. The van der Waals surface area contributed by atoms with Crippen LogP contribution in [0.1, 0.15) is 18.0 Å². The first-order chi connectivity index (χ1) is 20.9. The van der Waals surface area contributed by atoms with Gasteiger partial charge >= 0.3 is 5.97 Å². The number of esters is 1. The third kappa shape index (κ3) is 4.82. The Hall–Kier alpha value is -3.40. The van der Waals surface area contributed by atoms with Crippen LogP contribution in [0.3, 0.4) is 0 Å². The number of nitrogens with zero attached hydrogens (tertiary/aromatic N) is 2. The third-order valence-electron chi connectivity index (χ3n) is 8.89. The van der Waals surface area contributed by atoms with E-state index in [0.717, 1.165) is 10.8 Å². The number of benzene rings is 3. The van der Waals surface area contributed by atoms with Gasteiger partial charge in [0, 0.05) is 22.3 Å². The molecule has 0 saturated carbocycles. The van der Waals surface area contributed by atoms with E-state index in [2.05, 4.69) is 29.1 Å². The molecule has 222 valence electrons. The molecule has 0 radical (unpaired) electrons. The highest BCUT2D eigenvalue weighted by Crippen LogP contribution is 2.68. The van der Waals surface area contributed by atoms with Crippen molar-refractivity contribution >= 4 is 61.9 Å². The number of anilines is 1. The van der Waals surface area contributed by atoms with E-state index in [1.165, 1.54) is 17.8 Å². The minimum atomic E-state index is -0.943. The van der Waals surface area contributed by atoms with Crippen molar-refractivity contribution in [1.82, 2.24) is 4.90 Å². The van der Waals surface area contributed by atoms with E-state index in [1.54, 1.807) is 15.9 Å². The molecule has 3 aromatic rings. The topological polar surface area (TPSA) is 87.2 Å². The summed E-state index contributed by atoms with van der Waals surface area (Å²) in [5.41, 5.74) is 1.40. The number of alkyl halides is 1. The summed E-state index contributed by atoms with van der Waals surface area (Å²) in [5, 5.41) is 12.5. The summed E-state index contributed by atoms with van der Waals surface area (Å²) in [7, 11) is 0. The van der Waals surface area contributed by atoms with Crippen LogP contribution in [0.15, 0.2) is 98.1 Å². The van der Waals surface area contributed by atoms with E-state index >= 15 is 4.79 Å². The largest absolute Gasteiger partial charge is 0.461 e. The highest BCUT2D eigenvalue weighted by molar-refractivity contribution is 9.09. The average Bonchev–Trinajstić information content (AvgIpc) is 3.62. The Morgan fingerprint density at radius 2 is 1.81 bits per heavy atom. The van der Waals surface area contributed by atoms with Crippen LogP contribution in [0.4, 0.5) is 5.69 Å². The van der Waals surface area contributed by atoms with E-state index in [4.69, 9.17) is 4.74 Å². The molecule has 9 heteroatoms. The van der Waals surface area contributed by atoms with E-state index in [-0.39, 0.29) is 41.6 Å². The van der Waals surface area contributed by atoms with Crippen LogP contribution in [0.5, 0.6) is 0 Å². The Kier molecular flexibility index (Phi) is 8.24. The first-order valence-corrected chi connectivity index (χ1v) is 16.1. The highest BCUT2D eigenvalue weighted by Gasteiger charge is 2.76. The molecule has 7 nitrogen and oxygen atoms in total. The number of rotatable bonds is 10. The fourth-order valence-electron chi connectivity index (χ4n) is 7.16. The predicted molar refractivity (Wildman–Crippen MR) is 173 cm³/mol. The van der Waals surface area contributed by atoms with Crippen molar-refractivity contribution in [1.29, 1.82) is 0 Å². The molecule has 7 atom stereocenters. The summed E-state index contributed by atoms with van der Waals surface area (Å²) in [6.07, 6.45) is 3.69. The predicted octanol–water partition coefficient (Wildman–Crippen LogP) is 5.29. The van der Waals surface area contributed by atoms with Gasteiger partial charge < -0.3 is 19.6 Å². The Balaban J connectivity index is 1.49. The van der Waals surface area contributed by atoms with Gasteiger partial charge in [0.25, 0.3) is 5.91 Å². The minimum absolute atomic E-state index is 0.0397. The molecule has 0 aliphatic carbocycles. The molecular formula is C34H33BrN2O5S. The number of thioether (sulfide) groups is 1. The van der Waals surface area contributed by atoms with Gasteiger partial charge in [0.2, 0.25) is 5.91 Å². The molecule has 1 N–H and O–H groups in total. The van der Waals surface area contributed by atoms with Gasteiger partial charge in [-0.2, -0.15) is 0 Å². The van der Waals surface area contributed by atoms with Crippen LogP contribution in [0.2, 0.25) is 0 Å². The summed E-state index contributed by atoms with van der Waals surface area (Å²) in [5.74, 6) is -2.56. The second-order valence-electron chi connectivity index (χ2n) is 11.2. The molecule has 3 unspecified atom stereocenters. The van der Waals surface area contributed by atoms with Crippen molar-refractivity contribution in [2.75, 3.05) is 24.7 Å². The standard InChI is InChI=1S/C34H33BrN2O5S/c1-3-16-36(24-15-14-21-10-8-9-13-23(21)18-24)32(40)30-34-19-25(35)29(43-34)27(33(41)42-17-4-2)28(34)31(39)37(30)26(20-38)22-11-6-5-7-12-22/h3-15,18,25-30,38H,1-2,16-17,19-20H2/t25?,26-,27-,28+,29-,30?,34?/m1/s1. The SMILES string of the molecule is C=CCOC(=O)[C@H]1[C@@H]2SC3(CC2Br)C(C(=O)N(CC=C)c2ccc4ccccc4c2)N([C@H](CO)c2ccccc2)C(=O)[C@H]13. The van der Waals surface area contributed by atoms with Crippen molar-refractivity contribution in [2.24, 2.45) is 11.8 Å². The maximum atomic E-state index is 15.0. The van der Waals surface area contributed by atoms with Crippen LogP contribution in [0, 0.1) is 11.8 Å². The van der Waals surface area contributed by atoms with Gasteiger partial charge in [-0.25, -0.2) is 0 Å². The molecule has 3 aromatic carbocycles. The van der Waals surface area contributed by atoms with Gasteiger partial charge in [-0.3, -0.25) is 14.4 Å².